The summed E-state index contributed by atoms with van der Waals surface area (Å²) < 4.78 is 15.3. The van der Waals surface area contributed by atoms with Crippen LogP contribution in [0.5, 0.6) is 0 Å². The van der Waals surface area contributed by atoms with Crippen molar-refractivity contribution < 1.29 is 4.39 Å². The van der Waals surface area contributed by atoms with Gasteiger partial charge in [0.2, 0.25) is 0 Å². The van der Waals surface area contributed by atoms with Gasteiger partial charge in [-0.2, -0.15) is 0 Å². The Morgan fingerprint density at radius 2 is 1.90 bits per heavy atom. The maximum Gasteiger partial charge on any atom is 0.259 e. The van der Waals surface area contributed by atoms with Crippen molar-refractivity contribution in [3.8, 4) is 11.1 Å². The molecule has 0 saturated heterocycles. The zero-order valence-corrected chi connectivity index (χ0v) is 16.6. The van der Waals surface area contributed by atoms with Crippen molar-refractivity contribution in [1.82, 2.24) is 14.5 Å². The smallest absolute Gasteiger partial charge is 0.259 e. The predicted octanol–water partition coefficient (Wildman–Crippen LogP) is 5.48. The minimum Gasteiger partial charge on any atom is -0.311 e. The molecule has 0 spiro atoms. The van der Waals surface area contributed by atoms with Crippen LogP contribution >= 0.6 is 0 Å². The van der Waals surface area contributed by atoms with Crippen molar-refractivity contribution >= 4 is 21.7 Å². The lowest BCUT2D eigenvalue weighted by Crippen LogP contribution is -2.19. The second-order valence-electron chi connectivity index (χ2n) is 8.02. The van der Waals surface area contributed by atoms with Crippen molar-refractivity contribution in [3.05, 3.63) is 107 Å². The van der Waals surface area contributed by atoms with Gasteiger partial charge in [-0.3, -0.25) is 14.8 Å². The third-order valence-electron chi connectivity index (χ3n) is 6.10. The van der Waals surface area contributed by atoms with Crippen LogP contribution in [0.4, 0.5) is 4.39 Å². The van der Waals surface area contributed by atoms with Gasteiger partial charge in [-0.15, -0.1) is 0 Å². The van der Waals surface area contributed by atoms with Crippen LogP contribution in [0.2, 0.25) is 0 Å². The third kappa shape index (κ3) is 3.01. The Bertz CT molecular complexity index is 1510. The largest absolute Gasteiger partial charge is 0.311 e. The number of rotatable bonds is 3. The van der Waals surface area contributed by atoms with E-state index in [4.69, 9.17) is 4.98 Å². The molecule has 6 rings (SSSR count). The van der Waals surface area contributed by atoms with Crippen LogP contribution < -0.4 is 5.56 Å². The van der Waals surface area contributed by atoms with Crippen molar-refractivity contribution in [2.45, 2.75) is 18.4 Å². The summed E-state index contributed by atoms with van der Waals surface area (Å²) in [5.41, 5.74) is 3.55. The predicted molar refractivity (Wildman–Crippen MR) is 120 cm³/mol. The molecule has 31 heavy (non-hydrogen) atoms. The number of aromatic nitrogens is 3. The highest BCUT2D eigenvalue weighted by atomic mass is 19.1. The summed E-state index contributed by atoms with van der Waals surface area (Å²) in [6.45, 7) is 0. The van der Waals surface area contributed by atoms with E-state index in [1.165, 1.54) is 12.1 Å². The Kier molecular flexibility index (Phi) is 3.96. The van der Waals surface area contributed by atoms with E-state index in [1.807, 2.05) is 59.3 Å². The molecule has 5 aromatic rings. The lowest BCUT2D eigenvalue weighted by Gasteiger charge is -2.11. The summed E-state index contributed by atoms with van der Waals surface area (Å²) in [5.74, 6) is -0.0892. The van der Waals surface area contributed by atoms with E-state index in [1.54, 1.807) is 18.5 Å². The van der Waals surface area contributed by atoms with Gasteiger partial charge >= 0.3 is 0 Å². The molecule has 0 N–H and O–H groups in total. The van der Waals surface area contributed by atoms with Crippen molar-refractivity contribution in [3.63, 3.8) is 0 Å². The van der Waals surface area contributed by atoms with Gasteiger partial charge in [0.25, 0.3) is 5.56 Å². The van der Waals surface area contributed by atoms with Crippen LogP contribution in [0.3, 0.4) is 0 Å². The van der Waals surface area contributed by atoms with E-state index in [0.717, 1.165) is 39.5 Å². The van der Waals surface area contributed by atoms with E-state index in [9.17, 15) is 9.18 Å². The molecule has 0 radical (unpaired) electrons. The monoisotopic (exact) mass is 407 g/mol. The standard InChI is InChI=1S/C26H18FN3O/c27-19-7-9-22-17(13-19)6-8-23(29-22)21-14-24(21)30-12-10-16-3-1-5-20(25(16)26(30)31)18-4-2-11-28-15-18/h1-13,15,21,24H,14H2/t21-,24-/m1/s1. The number of hydrogen-bond acceptors (Lipinski definition) is 3. The molecule has 1 aliphatic rings. The first-order valence-electron chi connectivity index (χ1n) is 10.3. The van der Waals surface area contributed by atoms with Crippen LogP contribution in [0.1, 0.15) is 24.1 Å². The summed E-state index contributed by atoms with van der Waals surface area (Å²) in [6.07, 6.45) is 6.26. The minimum atomic E-state index is -0.265. The summed E-state index contributed by atoms with van der Waals surface area (Å²) >= 11 is 0. The van der Waals surface area contributed by atoms with Crippen LogP contribution in [0, 0.1) is 5.82 Å². The molecule has 150 valence electrons. The normalized spacial score (nSPS) is 17.8. The molecule has 0 amide bonds. The molecule has 1 fully saturated rings. The Labute approximate surface area is 177 Å². The van der Waals surface area contributed by atoms with E-state index in [0.29, 0.717) is 5.39 Å². The van der Waals surface area contributed by atoms with Crippen molar-refractivity contribution in [1.29, 1.82) is 0 Å². The number of hydrogen-bond donors (Lipinski definition) is 0. The fourth-order valence-electron chi connectivity index (χ4n) is 4.45. The SMILES string of the molecule is O=c1c2c(-c3cccnc3)cccc2ccn1[C@@H]1C[C@@H]1c1ccc2cc(F)ccc2n1. The minimum absolute atomic E-state index is 0.00677. The summed E-state index contributed by atoms with van der Waals surface area (Å²) in [6, 6.07) is 20.3. The summed E-state index contributed by atoms with van der Waals surface area (Å²) in [5, 5.41) is 2.42. The quantitative estimate of drug-likeness (QED) is 0.398. The third-order valence-corrected chi connectivity index (χ3v) is 6.10. The molecule has 5 heteroatoms. The fraction of sp³-hybridized carbons (Fsp3) is 0.115. The second-order valence-corrected chi connectivity index (χ2v) is 8.02. The highest BCUT2D eigenvalue weighted by Crippen LogP contribution is 2.50. The number of halogens is 1. The van der Waals surface area contributed by atoms with Gasteiger partial charge in [0.1, 0.15) is 5.82 Å². The average Bonchev–Trinajstić information content (AvgIpc) is 3.60. The number of fused-ring (bicyclic) bond motifs is 2. The number of pyridine rings is 3. The first-order valence-corrected chi connectivity index (χ1v) is 10.3. The molecule has 2 atom stereocenters. The average molecular weight is 407 g/mol. The maximum absolute atomic E-state index is 13.5. The maximum atomic E-state index is 13.5. The molecular weight excluding hydrogens is 389 g/mol. The molecule has 3 heterocycles. The number of benzene rings is 2. The zero-order chi connectivity index (χ0) is 20.9. The lowest BCUT2D eigenvalue weighted by molar-refractivity contribution is 0.629. The van der Waals surface area contributed by atoms with Gasteiger partial charge in [-0.25, -0.2) is 4.39 Å². The molecule has 0 bridgehead atoms. The van der Waals surface area contributed by atoms with Crippen LogP contribution in [0.15, 0.2) is 90.1 Å². The van der Waals surface area contributed by atoms with E-state index < -0.39 is 0 Å². The van der Waals surface area contributed by atoms with Gasteiger partial charge < -0.3 is 4.57 Å². The Morgan fingerprint density at radius 3 is 2.77 bits per heavy atom. The Balaban J connectivity index is 1.41. The molecule has 4 nitrogen and oxygen atoms in total. The first-order chi connectivity index (χ1) is 15.2. The van der Waals surface area contributed by atoms with Crippen LogP contribution in [-0.4, -0.2) is 14.5 Å². The zero-order valence-electron chi connectivity index (χ0n) is 16.6. The molecule has 1 saturated carbocycles. The second kappa shape index (κ2) is 6.84. The molecular formula is C26H18FN3O. The molecule has 0 aliphatic heterocycles. The molecule has 0 unspecified atom stereocenters. The lowest BCUT2D eigenvalue weighted by atomic mass is 10.0. The summed E-state index contributed by atoms with van der Waals surface area (Å²) in [7, 11) is 0. The van der Waals surface area contributed by atoms with E-state index in [2.05, 4.69) is 4.98 Å². The van der Waals surface area contributed by atoms with Crippen LogP contribution in [0.25, 0.3) is 32.8 Å². The van der Waals surface area contributed by atoms with Gasteiger partial charge in [-0.1, -0.05) is 30.3 Å². The molecule has 1 aliphatic carbocycles. The molecule has 2 aromatic carbocycles. The van der Waals surface area contributed by atoms with E-state index in [-0.39, 0.29) is 23.3 Å². The fourth-order valence-corrected chi connectivity index (χ4v) is 4.45. The highest BCUT2D eigenvalue weighted by Gasteiger charge is 2.41. The van der Waals surface area contributed by atoms with Gasteiger partial charge in [0.05, 0.1) is 10.9 Å². The highest BCUT2D eigenvalue weighted by molar-refractivity contribution is 5.95. The first kappa shape index (κ1) is 18.0. The van der Waals surface area contributed by atoms with Crippen LogP contribution in [-0.2, 0) is 0 Å². The number of nitrogens with zero attached hydrogens (tertiary/aromatic N) is 3. The molecule has 3 aromatic heterocycles. The van der Waals surface area contributed by atoms with Gasteiger partial charge in [0.15, 0.2) is 0 Å². The Hall–Kier alpha value is -3.86. The van der Waals surface area contributed by atoms with Crippen molar-refractivity contribution in [2.75, 3.05) is 0 Å². The van der Waals surface area contributed by atoms with Gasteiger partial charge in [-0.05, 0) is 53.8 Å². The van der Waals surface area contributed by atoms with E-state index >= 15 is 0 Å². The Morgan fingerprint density at radius 1 is 0.968 bits per heavy atom. The summed E-state index contributed by atoms with van der Waals surface area (Å²) in [4.78, 5) is 22.4. The van der Waals surface area contributed by atoms with Crippen molar-refractivity contribution in [2.24, 2.45) is 0 Å². The van der Waals surface area contributed by atoms with Gasteiger partial charge in [0, 0.05) is 47.2 Å². The topological polar surface area (TPSA) is 47.8 Å².